The van der Waals surface area contributed by atoms with E-state index in [0.717, 1.165) is 12.8 Å². The molecule has 1 aromatic carbocycles. The predicted molar refractivity (Wildman–Crippen MR) is 83.0 cm³/mol. The van der Waals surface area contributed by atoms with Gasteiger partial charge in [0.15, 0.2) is 0 Å². The first-order valence-electron chi connectivity index (χ1n) is 6.53. The van der Waals surface area contributed by atoms with E-state index in [2.05, 4.69) is 5.32 Å². The number of carbonyl (C=O) groups is 1. The second kappa shape index (κ2) is 7.22. The largest absolute Gasteiger partial charge is 0.366 e. The van der Waals surface area contributed by atoms with Crippen LogP contribution in [0.15, 0.2) is 29.2 Å². The lowest BCUT2D eigenvalue weighted by Gasteiger charge is -2.23. The van der Waals surface area contributed by atoms with Crippen LogP contribution in [0.1, 0.15) is 23.2 Å². The van der Waals surface area contributed by atoms with E-state index in [1.165, 1.54) is 28.6 Å². The number of halogens is 1. The summed E-state index contributed by atoms with van der Waals surface area (Å²) in [5.74, 6) is -0.567. The van der Waals surface area contributed by atoms with Gasteiger partial charge in [0.1, 0.15) is 0 Å². The van der Waals surface area contributed by atoms with E-state index in [-0.39, 0.29) is 23.3 Å². The smallest absolute Gasteiger partial charge is 0.248 e. The highest BCUT2D eigenvalue weighted by Gasteiger charge is 2.34. The first-order valence-corrected chi connectivity index (χ1v) is 7.97. The van der Waals surface area contributed by atoms with Gasteiger partial charge in [0.05, 0.1) is 4.90 Å². The molecule has 0 aliphatic carbocycles. The molecule has 1 heterocycles. The first kappa shape index (κ1) is 17.9. The van der Waals surface area contributed by atoms with Crippen molar-refractivity contribution in [2.75, 3.05) is 20.1 Å². The van der Waals surface area contributed by atoms with E-state index in [1.807, 2.05) is 7.05 Å². The van der Waals surface area contributed by atoms with Crippen molar-refractivity contribution >= 4 is 28.3 Å². The average Bonchev–Trinajstić information content (AvgIpc) is 2.88. The van der Waals surface area contributed by atoms with Crippen LogP contribution in [0.3, 0.4) is 0 Å². The summed E-state index contributed by atoms with van der Waals surface area (Å²) in [5, 5.41) is 3.02. The van der Waals surface area contributed by atoms with Gasteiger partial charge in [0.25, 0.3) is 0 Å². The van der Waals surface area contributed by atoms with Crippen molar-refractivity contribution in [3.8, 4) is 0 Å². The Labute approximate surface area is 131 Å². The summed E-state index contributed by atoms with van der Waals surface area (Å²) < 4.78 is 26.7. The minimum Gasteiger partial charge on any atom is -0.366 e. The molecular formula is C13H20ClN3O3S. The fourth-order valence-corrected chi connectivity index (χ4v) is 4.18. The second-order valence-corrected chi connectivity index (χ2v) is 6.75. The maximum Gasteiger partial charge on any atom is 0.248 e. The summed E-state index contributed by atoms with van der Waals surface area (Å²) in [5.41, 5.74) is 5.45. The van der Waals surface area contributed by atoms with Crippen LogP contribution in [-0.2, 0) is 10.0 Å². The van der Waals surface area contributed by atoms with Gasteiger partial charge in [-0.3, -0.25) is 4.79 Å². The van der Waals surface area contributed by atoms with Crippen molar-refractivity contribution in [2.45, 2.75) is 23.8 Å². The SMILES string of the molecule is CNCC1CCCN1S(=O)(=O)c1ccc(C(N)=O)cc1.Cl. The van der Waals surface area contributed by atoms with Gasteiger partial charge in [-0.05, 0) is 44.2 Å². The zero-order valence-electron chi connectivity index (χ0n) is 11.8. The predicted octanol–water partition coefficient (Wildman–Crippen LogP) is 0.580. The summed E-state index contributed by atoms with van der Waals surface area (Å²) in [6.45, 7) is 1.17. The van der Waals surface area contributed by atoms with E-state index in [1.54, 1.807) is 0 Å². The number of nitrogens with one attached hydrogen (secondary N) is 1. The molecular weight excluding hydrogens is 314 g/mol. The van der Waals surface area contributed by atoms with Gasteiger partial charge in [0, 0.05) is 24.7 Å². The third-order valence-corrected chi connectivity index (χ3v) is 5.47. The number of nitrogens with two attached hydrogens (primary N) is 1. The Hall–Kier alpha value is -1.15. The third kappa shape index (κ3) is 3.74. The molecule has 6 nitrogen and oxygen atoms in total. The molecule has 3 N–H and O–H groups in total. The fraction of sp³-hybridized carbons (Fsp3) is 0.462. The Bertz CT molecular complexity index is 589. The van der Waals surface area contributed by atoms with Crippen molar-refractivity contribution in [1.82, 2.24) is 9.62 Å². The van der Waals surface area contributed by atoms with E-state index >= 15 is 0 Å². The summed E-state index contributed by atoms with van der Waals surface area (Å²) in [7, 11) is -1.70. The Balaban J connectivity index is 0.00000220. The molecule has 2 rings (SSSR count). The fourth-order valence-electron chi connectivity index (χ4n) is 2.49. The molecule has 0 saturated carbocycles. The lowest BCUT2D eigenvalue weighted by atomic mass is 10.2. The number of carbonyl (C=O) groups excluding carboxylic acids is 1. The van der Waals surface area contributed by atoms with Crippen molar-refractivity contribution in [2.24, 2.45) is 5.73 Å². The van der Waals surface area contributed by atoms with Crippen molar-refractivity contribution < 1.29 is 13.2 Å². The van der Waals surface area contributed by atoms with Crippen LogP contribution in [0.5, 0.6) is 0 Å². The van der Waals surface area contributed by atoms with Gasteiger partial charge in [-0.25, -0.2) is 8.42 Å². The minimum atomic E-state index is -3.51. The van der Waals surface area contributed by atoms with Gasteiger partial charge >= 0.3 is 0 Å². The van der Waals surface area contributed by atoms with Crippen molar-refractivity contribution in [3.63, 3.8) is 0 Å². The lowest BCUT2D eigenvalue weighted by molar-refractivity contribution is 0.1000. The van der Waals surface area contributed by atoms with Crippen LogP contribution in [0, 0.1) is 0 Å². The average molecular weight is 334 g/mol. The van der Waals surface area contributed by atoms with Crippen LogP contribution < -0.4 is 11.1 Å². The number of hydrogen-bond acceptors (Lipinski definition) is 4. The number of nitrogens with zero attached hydrogens (tertiary/aromatic N) is 1. The third-order valence-electron chi connectivity index (χ3n) is 3.51. The minimum absolute atomic E-state index is 0. The zero-order chi connectivity index (χ0) is 14.8. The highest BCUT2D eigenvalue weighted by atomic mass is 35.5. The van der Waals surface area contributed by atoms with Crippen LogP contribution >= 0.6 is 12.4 Å². The Morgan fingerprint density at radius 3 is 2.52 bits per heavy atom. The number of benzene rings is 1. The van der Waals surface area contributed by atoms with E-state index in [4.69, 9.17) is 5.73 Å². The lowest BCUT2D eigenvalue weighted by Crippen LogP contribution is -2.40. The number of hydrogen-bond donors (Lipinski definition) is 2. The number of primary amides is 1. The molecule has 1 fully saturated rings. The molecule has 1 amide bonds. The maximum atomic E-state index is 12.6. The molecule has 118 valence electrons. The summed E-state index contributed by atoms with van der Waals surface area (Å²) in [6.07, 6.45) is 1.73. The quantitative estimate of drug-likeness (QED) is 0.824. The summed E-state index contributed by atoms with van der Waals surface area (Å²) in [6, 6.07) is 5.74. The zero-order valence-corrected chi connectivity index (χ0v) is 13.4. The Kier molecular flexibility index (Phi) is 6.15. The topological polar surface area (TPSA) is 92.5 Å². The highest BCUT2D eigenvalue weighted by Crippen LogP contribution is 2.25. The van der Waals surface area contributed by atoms with Gasteiger partial charge in [-0.15, -0.1) is 12.4 Å². The standard InChI is InChI=1S/C13H19N3O3S.ClH/c1-15-9-11-3-2-8-16(11)20(18,19)12-6-4-10(5-7-12)13(14)17;/h4-7,11,15H,2-3,8-9H2,1H3,(H2,14,17);1H. The Morgan fingerprint density at radius 2 is 2.00 bits per heavy atom. The number of sulfonamides is 1. The molecule has 1 atom stereocenters. The molecule has 0 aromatic heterocycles. The maximum absolute atomic E-state index is 12.6. The monoisotopic (exact) mass is 333 g/mol. The van der Waals surface area contributed by atoms with Crippen molar-refractivity contribution in [3.05, 3.63) is 29.8 Å². The molecule has 1 aliphatic heterocycles. The van der Waals surface area contributed by atoms with Gasteiger partial charge < -0.3 is 11.1 Å². The van der Waals surface area contributed by atoms with Crippen molar-refractivity contribution in [1.29, 1.82) is 0 Å². The molecule has 0 spiro atoms. The number of rotatable bonds is 5. The molecule has 8 heteroatoms. The summed E-state index contributed by atoms with van der Waals surface area (Å²) >= 11 is 0. The van der Waals surface area contributed by atoms with E-state index in [9.17, 15) is 13.2 Å². The highest BCUT2D eigenvalue weighted by molar-refractivity contribution is 7.89. The van der Waals surface area contributed by atoms with Gasteiger partial charge in [-0.1, -0.05) is 0 Å². The van der Waals surface area contributed by atoms with Gasteiger partial charge in [0.2, 0.25) is 15.9 Å². The van der Waals surface area contributed by atoms with Crippen LogP contribution in [0.2, 0.25) is 0 Å². The van der Waals surface area contributed by atoms with E-state index < -0.39 is 15.9 Å². The molecule has 0 radical (unpaired) electrons. The molecule has 21 heavy (non-hydrogen) atoms. The number of amides is 1. The van der Waals surface area contributed by atoms with E-state index in [0.29, 0.717) is 18.7 Å². The van der Waals surface area contributed by atoms with Crippen LogP contribution in [0.4, 0.5) is 0 Å². The normalized spacial score (nSPS) is 19.2. The first-order chi connectivity index (χ1) is 9.46. The molecule has 0 bridgehead atoms. The Morgan fingerprint density at radius 1 is 1.38 bits per heavy atom. The van der Waals surface area contributed by atoms with Crippen LogP contribution in [-0.4, -0.2) is 44.8 Å². The molecule has 1 saturated heterocycles. The molecule has 1 unspecified atom stereocenters. The van der Waals surface area contributed by atoms with Gasteiger partial charge in [-0.2, -0.15) is 4.31 Å². The number of likely N-dealkylation sites (N-methyl/N-ethyl adjacent to an activating group) is 1. The summed E-state index contributed by atoms with van der Waals surface area (Å²) in [4.78, 5) is 11.2. The van der Waals surface area contributed by atoms with Crippen LogP contribution in [0.25, 0.3) is 0 Å². The molecule has 1 aromatic rings. The molecule has 1 aliphatic rings. The second-order valence-electron chi connectivity index (χ2n) is 4.86.